The second-order valence-electron chi connectivity index (χ2n) is 6.80. The van der Waals surface area contributed by atoms with Gasteiger partial charge in [0.05, 0.1) is 5.69 Å². The molecule has 0 aliphatic carbocycles. The molecule has 3 heterocycles. The number of nitrogens with zero attached hydrogens (tertiary/aromatic N) is 4. The Labute approximate surface area is 157 Å². The Morgan fingerprint density at radius 1 is 1.30 bits per heavy atom. The molecule has 7 heteroatoms. The smallest absolute Gasteiger partial charge is 0.244 e. The van der Waals surface area contributed by atoms with Gasteiger partial charge in [-0.2, -0.15) is 0 Å². The Morgan fingerprint density at radius 3 is 3.00 bits per heavy atom. The van der Waals surface area contributed by atoms with Crippen LogP contribution in [0, 0.1) is 0 Å². The lowest BCUT2D eigenvalue weighted by Crippen LogP contribution is -2.37. The SMILES string of the molecule is O=C(Cn1cc(CCCO)nn1)N1CC=C(c2c[nH]c3ccccc23)CC1. The molecule has 0 fully saturated rings. The van der Waals surface area contributed by atoms with Crippen LogP contribution < -0.4 is 0 Å². The van der Waals surface area contributed by atoms with Gasteiger partial charge in [-0.1, -0.05) is 29.5 Å². The summed E-state index contributed by atoms with van der Waals surface area (Å²) in [7, 11) is 0. The number of carbonyl (C=O) groups is 1. The number of aromatic nitrogens is 4. The van der Waals surface area contributed by atoms with E-state index in [-0.39, 0.29) is 19.1 Å². The van der Waals surface area contributed by atoms with Crippen LogP contribution in [-0.4, -0.2) is 55.6 Å². The highest BCUT2D eigenvalue weighted by molar-refractivity contribution is 5.93. The number of H-pyrrole nitrogens is 1. The van der Waals surface area contributed by atoms with Gasteiger partial charge in [0, 0.05) is 48.6 Å². The summed E-state index contributed by atoms with van der Waals surface area (Å²) in [6.45, 7) is 1.64. The number of aliphatic hydroxyl groups excluding tert-OH is 1. The highest BCUT2D eigenvalue weighted by Crippen LogP contribution is 2.29. The van der Waals surface area contributed by atoms with Gasteiger partial charge in [-0.15, -0.1) is 5.10 Å². The highest BCUT2D eigenvalue weighted by atomic mass is 16.3. The van der Waals surface area contributed by atoms with Gasteiger partial charge < -0.3 is 15.0 Å². The molecule has 7 nitrogen and oxygen atoms in total. The third kappa shape index (κ3) is 3.78. The van der Waals surface area contributed by atoms with Crippen LogP contribution in [0.4, 0.5) is 0 Å². The van der Waals surface area contributed by atoms with E-state index in [4.69, 9.17) is 5.11 Å². The number of rotatable bonds is 6. The van der Waals surface area contributed by atoms with Crippen LogP contribution in [-0.2, 0) is 17.8 Å². The van der Waals surface area contributed by atoms with Gasteiger partial charge in [0.2, 0.25) is 5.91 Å². The Balaban J connectivity index is 1.39. The number of hydrogen-bond donors (Lipinski definition) is 2. The summed E-state index contributed by atoms with van der Waals surface area (Å²) in [5.74, 6) is 0.0443. The zero-order chi connectivity index (χ0) is 18.6. The Bertz CT molecular complexity index is 972. The van der Waals surface area contributed by atoms with Gasteiger partial charge in [-0.3, -0.25) is 4.79 Å². The molecular weight excluding hydrogens is 342 g/mol. The fourth-order valence-electron chi connectivity index (χ4n) is 3.51. The van der Waals surface area contributed by atoms with Crippen LogP contribution in [0.1, 0.15) is 24.1 Å². The number of benzene rings is 1. The molecule has 0 saturated heterocycles. The van der Waals surface area contributed by atoms with Crippen molar-refractivity contribution in [3.05, 3.63) is 54.0 Å². The average molecular weight is 365 g/mol. The number of aliphatic hydroxyl groups is 1. The van der Waals surface area contributed by atoms with Crippen LogP contribution in [0.5, 0.6) is 0 Å². The molecule has 0 atom stereocenters. The summed E-state index contributed by atoms with van der Waals surface area (Å²) in [6, 6.07) is 8.27. The van der Waals surface area contributed by atoms with Crippen molar-refractivity contribution < 1.29 is 9.90 Å². The maximum Gasteiger partial charge on any atom is 0.244 e. The first-order valence-corrected chi connectivity index (χ1v) is 9.28. The summed E-state index contributed by atoms with van der Waals surface area (Å²) in [6.07, 6.45) is 8.14. The number of fused-ring (bicyclic) bond motifs is 1. The van der Waals surface area contributed by atoms with Gasteiger partial charge in [0.15, 0.2) is 0 Å². The minimum absolute atomic E-state index is 0.0443. The molecule has 0 bridgehead atoms. The molecule has 27 heavy (non-hydrogen) atoms. The highest BCUT2D eigenvalue weighted by Gasteiger charge is 2.20. The number of carbonyl (C=O) groups excluding carboxylic acids is 1. The largest absolute Gasteiger partial charge is 0.396 e. The van der Waals surface area contributed by atoms with E-state index >= 15 is 0 Å². The first-order chi connectivity index (χ1) is 13.2. The molecule has 2 aromatic heterocycles. The van der Waals surface area contributed by atoms with E-state index in [0.29, 0.717) is 25.9 Å². The van der Waals surface area contributed by atoms with Gasteiger partial charge in [0.1, 0.15) is 6.54 Å². The molecule has 1 aliphatic heterocycles. The van der Waals surface area contributed by atoms with Crippen LogP contribution in [0.15, 0.2) is 42.7 Å². The van der Waals surface area contributed by atoms with E-state index in [1.165, 1.54) is 16.5 Å². The summed E-state index contributed by atoms with van der Waals surface area (Å²) in [5.41, 5.74) is 4.44. The molecule has 1 aliphatic rings. The lowest BCUT2D eigenvalue weighted by Gasteiger charge is -2.26. The first kappa shape index (κ1) is 17.5. The van der Waals surface area contributed by atoms with Crippen LogP contribution in [0.2, 0.25) is 0 Å². The second kappa shape index (κ2) is 7.75. The van der Waals surface area contributed by atoms with Gasteiger partial charge in [-0.05, 0) is 30.9 Å². The lowest BCUT2D eigenvalue weighted by molar-refractivity contribution is -0.131. The minimum Gasteiger partial charge on any atom is -0.396 e. The minimum atomic E-state index is 0.0443. The fourth-order valence-corrected chi connectivity index (χ4v) is 3.51. The summed E-state index contributed by atoms with van der Waals surface area (Å²) < 4.78 is 1.58. The van der Waals surface area contributed by atoms with Crippen molar-refractivity contribution in [1.29, 1.82) is 0 Å². The molecule has 2 N–H and O–H groups in total. The number of aryl methyl sites for hydroxylation is 1. The molecule has 1 amide bonds. The van der Waals surface area contributed by atoms with Crippen molar-refractivity contribution in [2.75, 3.05) is 19.7 Å². The molecule has 140 valence electrons. The molecule has 0 saturated carbocycles. The van der Waals surface area contributed by atoms with Crippen molar-refractivity contribution in [2.45, 2.75) is 25.8 Å². The van der Waals surface area contributed by atoms with Crippen molar-refractivity contribution in [3.8, 4) is 0 Å². The van der Waals surface area contributed by atoms with Gasteiger partial charge in [-0.25, -0.2) is 4.68 Å². The van der Waals surface area contributed by atoms with E-state index in [9.17, 15) is 4.79 Å². The van der Waals surface area contributed by atoms with E-state index < -0.39 is 0 Å². The quantitative estimate of drug-likeness (QED) is 0.699. The van der Waals surface area contributed by atoms with Crippen LogP contribution in [0.3, 0.4) is 0 Å². The van der Waals surface area contributed by atoms with Gasteiger partial charge in [0.25, 0.3) is 0 Å². The monoisotopic (exact) mass is 365 g/mol. The normalized spacial score (nSPS) is 14.6. The fraction of sp³-hybridized carbons (Fsp3) is 0.350. The third-order valence-electron chi connectivity index (χ3n) is 4.97. The maximum atomic E-state index is 12.6. The van der Waals surface area contributed by atoms with Crippen LogP contribution >= 0.6 is 0 Å². The molecular formula is C20H23N5O2. The predicted molar refractivity (Wildman–Crippen MR) is 103 cm³/mol. The zero-order valence-electron chi connectivity index (χ0n) is 15.1. The van der Waals surface area contributed by atoms with Crippen molar-refractivity contribution in [3.63, 3.8) is 0 Å². The summed E-state index contributed by atoms with van der Waals surface area (Å²) in [4.78, 5) is 17.7. The number of para-hydroxylation sites is 1. The first-order valence-electron chi connectivity index (χ1n) is 9.28. The standard InChI is InChI=1S/C20H23N5O2/c26-11-3-4-16-13-25(23-22-16)14-20(27)24-9-7-15(8-10-24)18-12-21-19-6-2-1-5-17(18)19/h1-2,5-7,12-13,21,26H,3-4,8-11,14H2. The molecule has 1 aromatic carbocycles. The van der Waals surface area contributed by atoms with Crippen molar-refractivity contribution >= 4 is 22.4 Å². The van der Waals surface area contributed by atoms with E-state index in [2.05, 4.69) is 39.7 Å². The molecule has 4 rings (SSSR count). The van der Waals surface area contributed by atoms with Crippen molar-refractivity contribution in [2.24, 2.45) is 0 Å². The third-order valence-corrected chi connectivity index (χ3v) is 4.97. The molecule has 0 unspecified atom stereocenters. The predicted octanol–water partition coefficient (Wildman–Crippen LogP) is 2.00. The molecule has 3 aromatic rings. The zero-order valence-corrected chi connectivity index (χ0v) is 15.1. The molecule has 0 radical (unpaired) electrons. The molecule has 0 spiro atoms. The Kier molecular flexibility index (Phi) is 5.02. The second-order valence-corrected chi connectivity index (χ2v) is 6.80. The maximum absolute atomic E-state index is 12.6. The van der Waals surface area contributed by atoms with Gasteiger partial charge >= 0.3 is 0 Å². The topological polar surface area (TPSA) is 87.0 Å². The van der Waals surface area contributed by atoms with E-state index in [1.807, 2.05) is 17.0 Å². The van der Waals surface area contributed by atoms with Crippen molar-refractivity contribution in [1.82, 2.24) is 24.9 Å². The van der Waals surface area contributed by atoms with E-state index in [0.717, 1.165) is 17.6 Å². The number of aromatic amines is 1. The number of nitrogens with one attached hydrogen (secondary N) is 1. The van der Waals surface area contributed by atoms with E-state index in [1.54, 1.807) is 10.9 Å². The summed E-state index contributed by atoms with van der Waals surface area (Å²) in [5, 5.41) is 18.2. The number of hydrogen-bond acceptors (Lipinski definition) is 4. The number of amides is 1. The lowest BCUT2D eigenvalue weighted by atomic mass is 9.99. The Morgan fingerprint density at radius 2 is 2.19 bits per heavy atom. The average Bonchev–Trinajstić information content (AvgIpc) is 3.33. The summed E-state index contributed by atoms with van der Waals surface area (Å²) >= 11 is 0. The Hall–Kier alpha value is -2.93. The van der Waals surface area contributed by atoms with Crippen LogP contribution in [0.25, 0.3) is 16.5 Å².